The summed E-state index contributed by atoms with van der Waals surface area (Å²) in [5, 5.41) is 10.3. The van der Waals surface area contributed by atoms with E-state index in [0.717, 1.165) is 7.11 Å². The van der Waals surface area contributed by atoms with Crippen molar-refractivity contribution < 1.29 is 37.3 Å². The van der Waals surface area contributed by atoms with E-state index in [2.05, 4.69) is 9.97 Å². The summed E-state index contributed by atoms with van der Waals surface area (Å²) >= 11 is 0. The first-order chi connectivity index (χ1) is 15.2. The Bertz CT molecular complexity index is 972. The molecule has 1 aromatic carbocycles. The number of aromatic nitrogens is 2. The zero-order valence-corrected chi connectivity index (χ0v) is 17.3. The van der Waals surface area contributed by atoms with Crippen LogP contribution in [0.2, 0.25) is 0 Å². The van der Waals surface area contributed by atoms with E-state index in [1.807, 2.05) is 0 Å². The van der Waals surface area contributed by atoms with E-state index >= 15 is 0 Å². The summed E-state index contributed by atoms with van der Waals surface area (Å²) in [6.45, 7) is 1.31. The molecule has 2 aliphatic heterocycles. The molecule has 1 amide bonds. The van der Waals surface area contributed by atoms with Crippen molar-refractivity contribution in [2.75, 3.05) is 33.4 Å². The Morgan fingerprint density at radius 1 is 1.22 bits per heavy atom. The normalized spacial score (nSPS) is 18.7. The maximum Gasteiger partial charge on any atom is 0.423 e. The van der Waals surface area contributed by atoms with Gasteiger partial charge in [0.2, 0.25) is 5.88 Å². The Morgan fingerprint density at radius 3 is 2.41 bits per heavy atom. The van der Waals surface area contributed by atoms with E-state index < -0.39 is 23.2 Å². The number of piperidine rings is 1. The van der Waals surface area contributed by atoms with Crippen molar-refractivity contribution >= 4 is 5.91 Å². The molecule has 8 nitrogen and oxygen atoms in total. The van der Waals surface area contributed by atoms with Gasteiger partial charge < -0.3 is 24.2 Å². The van der Waals surface area contributed by atoms with Crippen LogP contribution in [0.15, 0.2) is 30.5 Å². The van der Waals surface area contributed by atoms with E-state index in [-0.39, 0.29) is 31.2 Å². The highest BCUT2D eigenvalue weighted by Gasteiger charge is 2.38. The Kier molecular flexibility index (Phi) is 5.95. The molecule has 3 heterocycles. The summed E-state index contributed by atoms with van der Waals surface area (Å²) in [7, 11) is 1.10. The van der Waals surface area contributed by atoms with Crippen molar-refractivity contribution in [1.82, 2.24) is 14.9 Å². The van der Waals surface area contributed by atoms with Gasteiger partial charge in [-0.25, -0.2) is 4.98 Å². The molecule has 2 aliphatic rings. The fourth-order valence-corrected chi connectivity index (χ4v) is 3.65. The van der Waals surface area contributed by atoms with Gasteiger partial charge in [0.25, 0.3) is 5.91 Å². The minimum atomic E-state index is -4.63. The maximum atomic E-state index is 12.9. The third kappa shape index (κ3) is 4.49. The third-order valence-electron chi connectivity index (χ3n) is 5.58. The zero-order chi connectivity index (χ0) is 22.9. The summed E-state index contributed by atoms with van der Waals surface area (Å²) in [5.41, 5.74) is -0.844. The Morgan fingerprint density at radius 2 is 1.88 bits per heavy atom. The SMILES string of the molecule is COc1nc(OC2CCN(C(=O)c3ccc(C4(O)COC4)cc3)CC2)ncc1C(F)(F)F. The van der Waals surface area contributed by atoms with Crippen LogP contribution in [0.5, 0.6) is 11.9 Å². The molecule has 1 aromatic heterocycles. The number of ether oxygens (including phenoxy) is 3. The van der Waals surface area contributed by atoms with Crippen LogP contribution in [0.4, 0.5) is 13.2 Å². The Hall–Kier alpha value is -2.92. The second kappa shape index (κ2) is 8.55. The summed E-state index contributed by atoms with van der Waals surface area (Å²) in [4.78, 5) is 21.8. The molecule has 4 rings (SSSR count). The van der Waals surface area contributed by atoms with Crippen molar-refractivity contribution in [3.8, 4) is 11.9 Å². The number of methoxy groups -OCH3 is 1. The fourth-order valence-electron chi connectivity index (χ4n) is 3.65. The van der Waals surface area contributed by atoms with Gasteiger partial charge in [-0.15, -0.1) is 0 Å². The number of amides is 1. The number of likely N-dealkylation sites (tertiary alicyclic amines) is 1. The zero-order valence-electron chi connectivity index (χ0n) is 17.3. The molecule has 2 saturated heterocycles. The smallest absolute Gasteiger partial charge is 0.423 e. The first kappa shape index (κ1) is 22.3. The Labute approximate surface area is 181 Å². The molecule has 0 bridgehead atoms. The van der Waals surface area contributed by atoms with E-state index in [0.29, 0.717) is 43.3 Å². The van der Waals surface area contributed by atoms with Crippen molar-refractivity contribution in [2.24, 2.45) is 0 Å². The van der Waals surface area contributed by atoms with E-state index in [4.69, 9.17) is 14.2 Å². The van der Waals surface area contributed by atoms with Gasteiger partial charge in [-0.05, 0) is 17.7 Å². The lowest BCUT2D eigenvalue weighted by Crippen LogP contribution is -2.46. The van der Waals surface area contributed by atoms with Gasteiger partial charge in [0.05, 0.1) is 26.5 Å². The van der Waals surface area contributed by atoms with Gasteiger partial charge in [-0.1, -0.05) is 12.1 Å². The van der Waals surface area contributed by atoms with Crippen LogP contribution in [0.3, 0.4) is 0 Å². The monoisotopic (exact) mass is 453 g/mol. The quantitative estimate of drug-likeness (QED) is 0.743. The fraction of sp³-hybridized carbons (Fsp3) is 0.476. The highest BCUT2D eigenvalue weighted by molar-refractivity contribution is 5.94. The van der Waals surface area contributed by atoms with Crippen LogP contribution in [0.25, 0.3) is 0 Å². The second-order valence-corrected chi connectivity index (χ2v) is 7.78. The number of alkyl halides is 3. The molecule has 0 spiro atoms. The summed E-state index contributed by atoms with van der Waals surface area (Å²) in [6, 6.07) is 6.60. The van der Waals surface area contributed by atoms with Crippen molar-refractivity contribution in [3.05, 3.63) is 47.2 Å². The number of halogens is 3. The van der Waals surface area contributed by atoms with Crippen LogP contribution in [0.1, 0.15) is 34.3 Å². The standard InChI is InChI=1S/C21H22F3N3O5/c1-30-17-16(21(22,23)24)10-25-19(26-17)32-15-6-8-27(9-7-15)18(28)13-2-4-14(5-3-13)20(29)11-31-12-20/h2-5,10,15,29H,6-9,11-12H2,1H3. The van der Waals surface area contributed by atoms with Crippen LogP contribution in [-0.4, -0.2) is 65.4 Å². The van der Waals surface area contributed by atoms with Gasteiger partial charge in [0.1, 0.15) is 17.3 Å². The van der Waals surface area contributed by atoms with Gasteiger partial charge in [-0.3, -0.25) is 4.79 Å². The largest absolute Gasteiger partial charge is 0.480 e. The number of carbonyl (C=O) groups is 1. The van der Waals surface area contributed by atoms with Gasteiger partial charge in [0, 0.05) is 31.5 Å². The van der Waals surface area contributed by atoms with Crippen LogP contribution in [-0.2, 0) is 16.5 Å². The lowest BCUT2D eigenvalue weighted by Gasteiger charge is -2.36. The van der Waals surface area contributed by atoms with Crippen molar-refractivity contribution in [3.63, 3.8) is 0 Å². The molecular formula is C21H22F3N3O5. The molecule has 1 N–H and O–H groups in total. The number of hydrogen-bond acceptors (Lipinski definition) is 7. The number of benzene rings is 1. The maximum absolute atomic E-state index is 12.9. The molecule has 2 fully saturated rings. The molecule has 32 heavy (non-hydrogen) atoms. The molecular weight excluding hydrogens is 431 g/mol. The highest BCUT2D eigenvalue weighted by atomic mass is 19.4. The minimum absolute atomic E-state index is 0.140. The van der Waals surface area contributed by atoms with Crippen molar-refractivity contribution in [2.45, 2.75) is 30.7 Å². The van der Waals surface area contributed by atoms with E-state index in [1.165, 1.54) is 0 Å². The van der Waals surface area contributed by atoms with Crippen LogP contribution < -0.4 is 9.47 Å². The first-order valence-electron chi connectivity index (χ1n) is 10.0. The van der Waals surface area contributed by atoms with Crippen LogP contribution >= 0.6 is 0 Å². The number of carbonyl (C=O) groups excluding carboxylic acids is 1. The molecule has 11 heteroatoms. The highest BCUT2D eigenvalue weighted by Crippen LogP contribution is 2.35. The van der Waals surface area contributed by atoms with E-state index in [1.54, 1.807) is 29.2 Å². The molecule has 2 aromatic rings. The number of nitrogens with zero attached hydrogens (tertiary/aromatic N) is 3. The predicted molar refractivity (Wildman–Crippen MR) is 104 cm³/mol. The van der Waals surface area contributed by atoms with Crippen LogP contribution in [0, 0.1) is 0 Å². The van der Waals surface area contributed by atoms with E-state index in [9.17, 15) is 23.1 Å². The summed E-state index contributed by atoms with van der Waals surface area (Å²) < 4.78 is 54.2. The second-order valence-electron chi connectivity index (χ2n) is 7.78. The molecule has 0 saturated carbocycles. The van der Waals surface area contributed by atoms with Gasteiger partial charge in [-0.2, -0.15) is 18.2 Å². The average Bonchev–Trinajstić information content (AvgIpc) is 2.77. The number of rotatable bonds is 5. The van der Waals surface area contributed by atoms with Gasteiger partial charge in [0.15, 0.2) is 0 Å². The third-order valence-corrected chi connectivity index (χ3v) is 5.58. The predicted octanol–water partition coefficient (Wildman–Crippen LogP) is 2.41. The molecule has 172 valence electrons. The molecule has 0 atom stereocenters. The Balaban J connectivity index is 1.33. The number of aliphatic hydroxyl groups is 1. The number of hydrogen-bond donors (Lipinski definition) is 1. The average molecular weight is 453 g/mol. The molecule has 0 radical (unpaired) electrons. The summed E-state index contributed by atoms with van der Waals surface area (Å²) in [6.07, 6.45) is -3.37. The molecule has 0 unspecified atom stereocenters. The lowest BCUT2D eigenvalue weighted by molar-refractivity contribution is -0.184. The van der Waals surface area contributed by atoms with Gasteiger partial charge >= 0.3 is 12.2 Å². The molecule has 0 aliphatic carbocycles. The lowest BCUT2D eigenvalue weighted by atomic mass is 9.91. The topological polar surface area (TPSA) is 94.0 Å². The summed E-state index contributed by atoms with van der Waals surface area (Å²) in [5.74, 6) is -0.740. The first-order valence-corrected chi connectivity index (χ1v) is 10.0. The minimum Gasteiger partial charge on any atom is -0.480 e. The van der Waals surface area contributed by atoms with Crippen molar-refractivity contribution in [1.29, 1.82) is 0 Å².